The van der Waals surface area contributed by atoms with Gasteiger partial charge in [0.2, 0.25) is 5.82 Å². The fourth-order valence-corrected chi connectivity index (χ4v) is 4.56. The lowest BCUT2D eigenvalue weighted by Crippen LogP contribution is -2.47. The van der Waals surface area contributed by atoms with Crippen molar-refractivity contribution in [2.75, 3.05) is 19.5 Å². The van der Waals surface area contributed by atoms with E-state index < -0.39 is 58.9 Å². The third-order valence-electron chi connectivity index (χ3n) is 6.75. The van der Waals surface area contributed by atoms with E-state index in [4.69, 9.17) is 9.47 Å². The second-order valence-electron chi connectivity index (χ2n) is 8.82. The number of amides is 2. The third-order valence-corrected chi connectivity index (χ3v) is 6.75. The van der Waals surface area contributed by atoms with E-state index in [1.807, 2.05) is 0 Å². The standard InChI is InChI=1S/C24H23F5N4O4/c1-11-17(13-6-7-14(25)18(26)19(13)36-4)20(37-23(11,2)24(27,28)29)22(35)31-12-5-8-16-32-15(21(34)30-3)10-33(16)9-12/h5-11,17,20H,1-4H3,(H,30,34)(H,31,35)/t11-,17-,20+,23+/m0/s1. The second-order valence-corrected chi connectivity index (χ2v) is 8.82. The van der Waals surface area contributed by atoms with Crippen LogP contribution in [-0.4, -0.2) is 53.2 Å². The molecule has 0 saturated carbocycles. The minimum atomic E-state index is -4.88. The van der Waals surface area contributed by atoms with Crippen LogP contribution in [0, 0.1) is 17.6 Å². The molecule has 0 aliphatic carbocycles. The Hall–Kier alpha value is -3.74. The monoisotopic (exact) mass is 526 g/mol. The highest BCUT2D eigenvalue weighted by Gasteiger charge is 2.65. The first kappa shape index (κ1) is 26.3. The van der Waals surface area contributed by atoms with Gasteiger partial charge in [0.1, 0.15) is 17.4 Å². The number of aromatic nitrogens is 2. The highest BCUT2D eigenvalue weighted by atomic mass is 19.4. The molecule has 8 nitrogen and oxygen atoms in total. The van der Waals surface area contributed by atoms with Crippen LogP contribution in [0.4, 0.5) is 27.6 Å². The number of anilines is 1. The van der Waals surface area contributed by atoms with E-state index in [2.05, 4.69) is 15.6 Å². The predicted octanol–water partition coefficient (Wildman–Crippen LogP) is 4.06. The lowest BCUT2D eigenvalue weighted by Gasteiger charge is -2.32. The van der Waals surface area contributed by atoms with E-state index in [1.165, 1.54) is 42.9 Å². The SMILES string of the molecule is CNC(=O)c1cn2cc(NC(=O)[C@@H]3O[C@@](C)(C(F)(F)F)[C@@H](C)[C@H]3c3ccc(F)c(F)c3OC)ccc2n1. The van der Waals surface area contributed by atoms with Crippen molar-refractivity contribution in [3.05, 3.63) is 59.6 Å². The molecule has 1 aliphatic heterocycles. The van der Waals surface area contributed by atoms with Crippen LogP contribution in [0.25, 0.3) is 5.65 Å². The van der Waals surface area contributed by atoms with E-state index in [1.54, 1.807) is 0 Å². The first-order chi connectivity index (χ1) is 17.3. The quantitative estimate of drug-likeness (QED) is 0.490. The van der Waals surface area contributed by atoms with Crippen molar-refractivity contribution >= 4 is 23.1 Å². The molecule has 0 bridgehead atoms. The average Bonchev–Trinajstić information content (AvgIpc) is 3.39. The molecule has 2 aromatic heterocycles. The number of carbonyl (C=O) groups excluding carboxylic acids is 2. The summed E-state index contributed by atoms with van der Waals surface area (Å²) in [6.07, 6.45) is -3.79. The van der Waals surface area contributed by atoms with Crippen molar-refractivity contribution in [3.8, 4) is 5.75 Å². The van der Waals surface area contributed by atoms with Gasteiger partial charge in [0, 0.05) is 36.8 Å². The van der Waals surface area contributed by atoms with Crippen LogP contribution in [-0.2, 0) is 9.53 Å². The number of carbonyl (C=O) groups is 2. The van der Waals surface area contributed by atoms with Gasteiger partial charge < -0.3 is 24.5 Å². The number of methoxy groups -OCH3 is 1. The molecule has 0 spiro atoms. The first-order valence-corrected chi connectivity index (χ1v) is 11.1. The van der Waals surface area contributed by atoms with E-state index in [0.29, 0.717) is 5.65 Å². The Morgan fingerprint density at radius 1 is 1.16 bits per heavy atom. The predicted molar refractivity (Wildman–Crippen MR) is 121 cm³/mol. The molecule has 2 amide bonds. The maximum Gasteiger partial charge on any atom is 0.417 e. The maximum absolute atomic E-state index is 14.5. The molecule has 4 atom stereocenters. The van der Waals surface area contributed by atoms with Gasteiger partial charge in [-0.05, 0) is 25.1 Å². The van der Waals surface area contributed by atoms with Crippen LogP contribution in [0.5, 0.6) is 5.75 Å². The van der Waals surface area contributed by atoms with Crippen molar-refractivity contribution in [3.63, 3.8) is 0 Å². The number of benzene rings is 1. The Morgan fingerprint density at radius 3 is 2.49 bits per heavy atom. The number of pyridine rings is 1. The zero-order chi connectivity index (χ0) is 27.3. The molecule has 0 unspecified atom stereocenters. The van der Waals surface area contributed by atoms with Gasteiger partial charge in [-0.1, -0.05) is 13.0 Å². The number of nitrogens with zero attached hydrogens (tertiary/aromatic N) is 2. The van der Waals surface area contributed by atoms with Crippen molar-refractivity contribution in [1.29, 1.82) is 0 Å². The zero-order valence-electron chi connectivity index (χ0n) is 20.1. The van der Waals surface area contributed by atoms with Crippen LogP contribution in [0.3, 0.4) is 0 Å². The lowest BCUT2D eigenvalue weighted by atomic mass is 9.77. The minimum Gasteiger partial charge on any atom is -0.493 e. The van der Waals surface area contributed by atoms with Crippen LogP contribution < -0.4 is 15.4 Å². The second kappa shape index (κ2) is 9.29. The van der Waals surface area contributed by atoms with E-state index in [9.17, 15) is 31.5 Å². The van der Waals surface area contributed by atoms with Gasteiger partial charge in [-0.2, -0.15) is 17.6 Å². The van der Waals surface area contributed by atoms with Crippen LogP contribution in [0.1, 0.15) is 35.8 Å². The van der Waals surface area contributed by atoms with Crippen molar-refractivity contribution in [2.24, 2.45) is 5.92 Å². The summed E-state index contributed by atoms with van der Waals surface area (Å²) in [5.74, 6) is -7.34. The summed E-state index contributed by atoms with van der Waals surface area (Å²) in [4.78, 5) is 29.3. The molecule has 2 N–H and O–H groups in total. The lowest BCUT2D eigenvalue weighted by molar-refractivity contribution is -0.272. The highest BCUT2D eigenvalue weighted by Crippen LogP contribution is 2.55. The molecule has 1 aliphatic rings. The molecular formula is C24H23F5N4O4. The van der Waals surface area contributed by atoms with Gasteiger partial charge in [-0.15, -0.1) is 0 Å². The molecule has 37 heavy (non-hydrogen) atoms. The zero-order valence-corrected chi connectivity index (χ0v) is 20.1. The number of alkyl halides is 3. The summed E-state index contributed by atoms with van der Waals surface area (Å²) in [7, 11) is 2.49. The normalized spacial score (nSPS) is 23.8. The summed E-state index contributed by atoms with van der Waals surface area (Å²) < 4.78 is 82.3. The fourth-order valence-electron chi connectivity index (χ4n) is 4.56. The smallest absolute Gasteiger partial charge is 0.417 e. The number of hydrogen-bond acceptors (Lipinski definition) is 5. The van der Waals surface area contributed by atoms with Gasteiger partial charge in [0.15, 0.2) is 17.2 Å². The van der Waals surface area contributed by atoms with Crippen molar-refractivity contribution < 1.29 is 41.0 Å². The summed E-state index contributed by atoms with van der Waals surface area (Å²) in [5.41, 5.74) is -2.23. The van der Waals surface area contributed by atoms with Gasteiger partial charge in [-0.25, -0.2) is 9.37 Å². The van der Waals surface area contributed by atoms with Gasteiger partial charge >= 0.3 is 6.18 Å². The van der Waals surface area contributed by atoms with E-state index in [0.717, 1.165) is 26.2 Å². The van der Waals surface area contributed by atoms with Gasteiger partial charge in [0.05, 0.1) is 12.8 Å². The Morgan fingerprint density at radius 2 is 1.86 bits per heavy atom. The van der Waals surface area contributed by atoms with Crippen molar-refractivity contribution in [2.45, 2.75) is 37.6 Å². The number of halogens is 5. The van der Waals surface area contributed by atoms with Crippen LogP contribution in [0.15, 0.2) is 36.7 Å². The molecular weight excluding hydrogens is 503 g/mol. The van der Waals surface area contributed by atoms with Gasteiger partial charge in [-0.3, -0.25) is 9.59 Å². The summed E-state index contributed by atoms with van der Waals surface area (Å²) in [6, 6.07) is 4.79. The maximum atomic E-state index is 14.5. The molecule has 3 heterocycles. The number of nitrogens with one attached hydrogen (secondary N) is 2. The molecule has 13 heteroatoms. The Kier molecular flexibility index (Phi) is 6.61. The van der Waals surface area contributed by atoms with E-state index in [-0.39, 0.29) is 16.9 Å². The molecule has 1 aromatic carbocycles. The molecule has 0 radical (unpaired) electrons. The number of ether oxygens (including phenoxy) is 2. The fraction of sp³-hybridized carbons (Fsp3) is 0.375. The van der Waals surface area contributed by atoms with E-state index >= 15 is 0 Å². The Bertz CT molecular complexity index is 1380. The first-order valence-electron chi connectivity index (χ1n) is 11.1. The third kappa shape index (κ3) is 4.37. The minimum absolute atomic E-state index is 0.116. The van der Waals surface area contributed by atoms with Crippen molar-refractivity contribution in [1.82, 2.24) is 14.7 Å². The van der Waals surface area contributed by atoms with Crippen LogP contribution in [0.2, 0.25) is 0 Å². The highest BCUT2D eigenvalue weighted by molar-refractivity contribution is 5.96. The molecule has 1 fully saturated rings. The summed E-state index contributed by atoms with van der Waals surface area (Å²) in [5, 5.41) is 4.95. The molecule has 198 valence electrons. The molecule has 3 aromatic rings. The van der Waals surface area contributed by atoms with Gasteiger partial charge in [0.25, 0.3) is 11.8 Å². The summed E-state index contributed by atoms with van der Waals surface area (Å²) in [6.45, 7) is 2.03. The molecule has 1 saturated heterocycles. The number of rotatable bonds is 5. The molecule has 4 rings (SSSR count). The number of fused-ring (bicyclic) bond motifs is 1. The number of hydrogen-bond donors (Lipinski definition) is 2. The number of imidazole rings is 1. The largest absolute Gasteiger partial charge is 0.493 e. The topological polar surface area (TPSA) is 94.0 Å². The Balaban J connectivity index is 1.73. The summed E-state index contributed by atoms with van der Waals surface area (Å²) >= 11 is 0. The van der Waals surface area contributed by atoms with Crippen LogP contribution >= 0.6 is 0 Å². The average molecular weight is 526 g/mol. The Labute approximate surface area is 207 Å².